The number of ketones is 1. The van der Waals surface area contributed by atoms with Gasteiger partial charge in [-0.15, -0.1) is 0 Å². The van der Waals surface area contributed by atoms with Crippen molar-refractivity contribution in [1.82, 2.24) is 10.2 Å². The van der Waals surface area contributed by atoms with Crippen LogP contribution >= 0.6 is 0 Å². The molecule has 0 aromatic rings. The van der Waals surface area contributed by atoms with Gasteiger partial charge in [0.25, 0.3) is 5.91 Å². The summed E-state index contributed by atoms with van der Waals surface area (Å²) in [4.78, 5) is 25.9. The first-order chi connectivity index (χ1) is 28.1. The van der Waals surface area contributed by atoms with Gasteiger partial charge in [0, 0.05) is 37.9 Å². The van der Waals surface area contributed by atoms with E-state index in [-0.39, 0.29) is 47.9 Å². The molecule has 59 heavy (non-hydrogen) atoms. The average Bonchev–Trinajstić information content (AvgIpc) is 3.51. The van der Waals surface area contributed by atoms with Gasteiger partial charge in [-0.25, -0.2) is 0 Å². The number of carbonyl (C=O) groups is 2. The molecule has 1 aliphatic carbocycles. The molecule has 0 aromatic carbocycles. The maximum atomic E-state index is 12.3. The lowest BCUT2D eigenvalue weighted by atomic mass is 9.92. The van der Waals surface area contributed by atoms with Gasteiger partial charge in [-0.2, -0.15) is 0 Å². The molecule has 13 nitrogen and oxygen atoms in total. The van der Waals surface area contributed by atoms with Crippen LogP contribution in [0.25, 0.3) is 0 Å². The molecular formula is C46H70N4O9. The summed E-state index contributed by atoms with van der Waals surface area (Å²) < 4.78 is 12.0. The Bertz CT molecular complexity index is 1620. The molecule has 9 atom stereocenters. The highest BCUT2D eigenvalue weighted by Gasteiger charge is 2.45. The van der Waals surface area contributed by atoms with Crippen molar-refractivity contribution in [3.8, 4) is 0 Å². The quantitative estimate of drug-likeness (QED) is 0.0147. The van der Waals surface area contributed by atoms with E-state index in [1.54, 1.807) is 36.1 Å². The van der Waals surface area contributed by atoms with Crippen LogP contribution in [0.1, 0.15) is 86.0 Å². The third kappa shape index (κ3) is 18.6. The van der Waals surface area contributed by atoms with Gasteiger partial charge < -0.3 is 51.0 Å². The predicted molar refractivity (Wildman–Crippen MR) is 233 cm³/mol. The number of amides is 1. The number of nitrogens with zero attached hydrogens (tertiary/aromatic N) is 1. The lowest BCUT2D eigenvalue weighted by Gasteiger charge is -2.41. The molecule has 1 saturated heterocycles. The van der Waals surface area contributed by atoms with Crippen LogP contribution in [0.2, 0.25) is 0 Å². The second-order valence-electron chi connectivity index (χ2n) is 15.6. The molecular weight excluding hydrogens is 753 g/mol. The van der Waals surface area contributed by atoms with Gasteiger partial charge in [0.15, 0.2) is 18.0 Å². The molecule has 13 heteroatoms. The third-order valence-corrected chi connectivity index (χ3v) is 10.2. The fourth-order valence-electron chi connectivity index (χ4n) is 6.49. The van der Waals surface area contributed by atoms with E-state index in [9.17, 15) is 35.1 Å². The van der Waals surface area contributed by atoms with Crippen molar-refractivity contribution >= 4 is 17.6 Å². The van der Waals surface area contributed by atoms with Crippen molar-refractivity contribution in [3.63, 3.8) is 0 Å². The van der Waals surface area contributed by atoms with Crippen molar-refractivity contribution in [1.29, 1.82) is 5.41 Å². The molecule has 9 N–H and O–H groups in total. The second kappa shape index (κ2) is 27.4. The number of hydrogen-bond donors (Lipinski definition) is 8. The Morgan fingerprint density at radius 3 is 2.24 bits per heavy atom. The number of Topliss-reactive ketones (excluding diaryl/α,β-unsaturated/α-hetero) is 1. The van der Waals surface area contributed by atoms with Crippen LogP contribution < -0.4 is 11.1 Å². The topological polar surface area (TPSA) is 219 Å². The van der Waals surface area contributed by atoms with E-state index < -0.39 is 49.3 Å². The zero-order valence-corrected chi connectivity index (χ0v) is 35.7. The van der Waals surface area contributed by atoms with Gasteiger partial charge >= 0.3 is 0 Å². The highest BCUT2D eigenvalue weighted by molar-refractivity contribution is 6.04. The van der Waals surface area contributed by atoms with Crippen LogP contribution in [-0.2, 0) is 19.1 Å². The van der Waals surface area contributed by atoms with E-state index in [2.05, 4.69) is 49.5 Å². The normalized spacial score (nSPS) is 24.4. The fourth-order valence-corrected chi connectivity index (χ4v) is 6.49. The van der Waals surface area contributed by atoms with E-state index in [0.717, 1.165) is 50.6 Å². The van der Waals surface area contributed by atoms with Gasteiger partial charge in [0.1, 0.15) is 35.9 Å². The zero-order valence-electron chi connectivity index (χ0n) is 35.7. The second-order valence-corrected chi connectivity index (χ2v) is 15.6. The van der Waals surface area contributed by atoms with Crippen molar-refractivity contribution in [2.45, 2.75) is 123 Å². The molecule has 0 bridgehead atoms. The van der Waals surface area contributed by atoms with Crippen LogP contribution in [-0.4, -0.2) is 105 Å². The minimum absolute atomic E-state index is 0.0310. The van der Waals surface area contributed by atoms with Crippen LogP contribution in [0.5, 0.6) is 0 Å². The highest BCUT2D eigenvalue weighted by atomic mass is 16.7. The van der Waals surface area contributed by atoms with Crippen LogP contribution in [0, 0.1) is 23.2 Å². The minimum Gasteiger partial charge on any atom is -0.510 e. The number of aliphatic hydroxyl groups excluding tert-OH is 5. The Kier molecular flexibility index (Phi) is 23.6. The molecule has 0 saturated carbocycles. The van der Waals surface area contributed by atoms with Crippen LogP contribution in [0.15, 0.2) is 108 Å². The summed E-state index contributed by atoms with van der Waals surface area (Å²) in [6, 6.07) is 0. The van der Waals surface area contributed by atoms with Crippen molar-refractivity contribution in [2.24, 2.45) is 23.5 Å². The first-order valence-electron chi connectivity index (χ1n) is 20.7. The number of unbranched alkanes of at least 4 members (excludes halogenated alkanes) is 2. The third-order valence-electron chi connectivity index (χ3n) is 10.2. The first kappa shape index (κ1) is 50.8. The van der Waals surface area contributed by atoms with Crippen molar-refractivity contribution < 1.29 is 44.6 Å². The van der Waals surface area contributed by atoms with Crippen LogP contribution in [0.3, 0.4) is 0 Å². The summed E-state index contributed by atoms with van der Waals surface area (Å²) in [6.07, 6.45) is 26.0. The summed E-state index contributed by atoms with van der Waals surface area (Å²) in [5, 5.41) is 60.8. The number of ether oxygens (including phenoxy) is 2. The molecule has 0 aromatic heterocycles. The number of rotatable bonds is 24. The zero-order chi connectivity index (χ0) is 43.9. The summed E-state index contributed by atoms with van der Waals surface area (Å²) in [5.74, 6) is -0.269. The lowest BCUT2D eigenvalue weighted by molar-refractivity contribution is -0.310. The van der Waals surface area contributed by atoms with E-state index in [1.165, 1.54) is 0 Å². The number of hydrogen-bond acceptors (Lipinski definition) is 10. The van der Waals surface area contributed by atoms with Crippen molar-refractivity contribution in [2.75, 3.05) is 20.2 Å². The maximum Gasteiger partial charge on any atom is 0.251 e. The monoisotopic (exact) mass is 823 g/mol. The van der Waals surface area contributed by atoms with Gasteiger partial charge in [0.05, 0.1) is 12.7 Å². The van der Waals surface area contributed by atoms with Crippen LogP contribution in [0.4, 0.5) is 0 Å². The number of guanidine groups is 1. The number of carbonyl (C=O) groups excluding carboxylic acids is 2. The number of nitrogens with one attached hydrogen (secondary N) is 2. The smallest absolute Gasteiger partial charge is 0.251 e. The van der Waals surface area contributed by atoms with E-state index in [0.29, 0.717) is 11.5 Å². The fraction of sp³-hybridized carbons (Fsp3) is 0.543. The predicted octanol–water partition coefficient (Wildman–Crippen LogP) is 5.72. The number of aliphatic hydroxyl groups is 5. The van der Waals surface area contributed by atoms with Crippen molar-refractivity contribution in [3.05, 3.63) is 108 Å². The van der Waals surface area contributed by atoms with E-state index >= 15 is 0 Å². The SMILES string of the molecule is C\C(=C/C=C/C=C/C=C/C=C/C(C)C(OC1OC(CO)C(O)C(O)C1O)/C(C)=C/C(C)CCC/C=C/C(C)C/C=C/CCCN(C)C(=N)N)C(=O)NC1=C(O)CCC1=O. The Labute approximate surface area is 351 Å². The molecule has 1 aliphatic heterocycles. The molecule has 2 aliphatic rings. The number of allylic oxidation sites excluding steroid dienone is 15. The van der Waals surface area contributed by atoms with Gasteiger partial charge in [-0.3, -0.25) is 15.0 Å². The lowest BCUT2D eigenvalue weighted by Crippen LogP contribution is -2.60. The Hall–Kier alpha value is -4.37. The average molecular weight is 823 g/mol. The summed E-state index contributed by atoms with van der Waals surface area (Å²) in [7, 11) is 1.82. The largest absolute Gasteiger partial charge is 0.510 e. The van der Waals surface area contributed by atoms with E-state index in [4.69, 9.17) is 20.6 Å². The summed E-state index contributed by atoms with van der Waals surface area (Å²) in [5.41, 5.74) is 6.74. The first-order valence-corrected chi connectivity index (χ1v) is 20.7. The highest BCUT2D eigenvalue weighted by Crippen LogP contribution is 2.28. The molecule has 1 amide bonds. The standard InChI is InChI=1S/C46H70N4O9/c1-31(21-15-12-13-20-28-50(6)46(47)48)22-16-14-17-23-32(2)29-35(5)43(59-45-42(56)41(55)40(54)38(30-51)58-45)33(3)24-18-10-8-7-9-11-19-25-34(4)44(57)49-39-36(52)26-27-37(39)53/h7-12,15-16,18-19,22,24-25,29,31-33,38,40-43,45,51-52,54-56H,13-14,17,20-21,23,26-28,30H2,1-6H3,(H3,47,48)(H,49,57)/b9-7+,10-8+,15-12+,19-11+,22-16+,24-18+,34-25+,35-29+. The maximum absolute atomic E-state index is 12.3. The minimum atomic E-state index is -1.55. The molecule has 9 unspecified atom stereocenters. The summed E-state index contributed by atoms with van der Waals surface area (Å²) in [6.45, 7) is 10.1. The molecule has 1 fully saturated rings. The molecule has 1 heterocycles. The van der Waals surface area contributed by atoms with Gasteiger partial charge in [-0.1, -0.05) is 106 Å². The number of nitrogens with two attached hydrogens (primary N) is 1. The Balaban J connectivity index is 1.98. The van der Waals surface area contributed by atoms with Gasteiger partial charge in [-0.05, 0) is 69.8 Å². The Morgan fingerprint density at radius 1 is 0.932 bits per heavy atom. The molecule has 2 rings (SSSR count). The Morgan fingerprint density at radius 2 is 1.59 bits per heavy atom. The molecule has 0 radical (unpaired) electrons. The molecule has 328 valence electrons. The molecule has 0 spiro atoms. The van der Waals surface area contributed by atoms with E-state index in [1.807, 2.05) is 51.3 Å². The summed E-state index contributed by atoms with van der Waals surface area (Å²) >= 11 is 0. The van der Waals surface area contributed by atoms with Gasteiger partial charge in [0.2, 0.25) is 0 Å².